The summed E-state index contributed by atoms with van der Waals surface area (Å²) in [5.74, 6) is -1.29. The number of imide groups is 1. The van der Waals surface area contributed by atoms with Gasteiger partial charge in [-0.3, -0.25) is 0 Å². The van der Waals surface area contributed by atoms with Crippen molar-refractivity contribution in [1.29, 1.82) is 0 Å². The van der Waals surface area contributed by atoms with E-state index in [9.17, 15) is 13.4 Å². The molecule has 1 N–H and O–H groups in total. The van der Waals surface area contributed by atoms with Gasteiger partial charge in [-0.2, -0.15) is 0 Å². The standard InChI is InChI=1S/C10H7NO4Se/c12-9-6-8(16(14)15)10(13)11(9)7-4-2-1-3-5-7/h1-6H,(H,14,15). The monoisotopic (exact) mass is 285 g/mol. The molecule has 0 aromatic heterocycles. The number of para-hydroxylation sites is 1. The fourth-order valence-corrected chi connectivity index (χ4v) is 2.32. The van der Waals surface area contributed by atoms with Crippen LogP contribution in [-0.2, 0) is 13.4 Å². The zero-order valence-electron chi connectivity index (χ0n) is 7.99. The predicted octanol–water partition coefficient (Wildman–Crippen LogP) is -0.0636. The summed E-state index contributed by atoms with van der Waals surface area (Å²) in [5, 5.41) is 0. The van der Waals surface area contributed by atoms with Crippen LogP contribution < -0.4 is 4.90 Å². The zero-order chi connectivity index (χ0) is 11.7. The number of hydrogen-bond acceptors (Lipinski definition) is 3. The molecular formula is C10H7NO4Se. The summed E-state index contributed by atoms with van der Waals surface area (Å²) in [4.78, 5) is 24.1. The molecule has 1 atom stereocenters. The Morgan fingerprint density at radius 3 is 2.25 bits per heavy atom. The second-order valence-electron chi connectivity index (χ2n) is 3.07. The molecule has 16 heavy (non-hydrogen) atoms. The average Bonchev–Trinajstić information content (AvgIpc) is 2.56. The molecule has 0 saturated heterocycles. The molecule has 82 valence electrons. The Kier molecular flexibility index (Phi) is 2.78. The number of anilines is 1. The van der Waals surface area contributed by atoms with E-state index in [1.165, 1.54) is 0 Å². The molecule has 1 aromatic rings. The van der Waals surface area contributed by atoms with Crippen molar-refractivity contribution in [2.24, 2.45) is 0 Å². The van der Waals surface area contributed by atoms with Crippen LogP contribution in [0.25, 0.3) is 0 Å². The van der Waals surface area contributed by atoms with E-state index in [4.69, 9.17) is 4.19 Å². The SMILES string of the molecule is O=C1C=C([Se](=O)O)C(=O)N1c1ccccc1. The first-order valence-electron chi connectivity index (χ1n) is 4.37. The van der Waals surface area contributed by atoms with Crippen LogP contribution in [0.1, 0.15) is 0 Å². The van der Waals surface area contributed by atoms with E-state index in [-0.39, 0.29) is 4.47 Å². The molecule has 1 aliphatic rings. The van der Waals surface area contributed by atoms with Gasteiger partial charge in [0.05, 0.1) is 0 Å². The average molecular weight is 284 g/mol. The summed E-state index contributed by atoms with van der Waals surface area (Å²) in [7, 11) is 0. The van der Waals surface area contributed by atoms with Gasteiger partial charge >= 0.3 is 95.1 Å². The Morgan fingerprint density at radius 2 is 1.75 bits per heavy atom. The number of amides is 2. The maximum atomic E-state index is 11.7. The Hall–Kier alpha value is -1.62. The number of carbonyl (C=O) groups is 2. The molecule has 2 amide bonds. The van der Waals surface area contributed by atoms with Crippen LogP contribution >= 0.6 is 0 Å². The van der Waals surface area contributed by atoms with Crippen LogP contribution in [0, 0.1) is 0 Å². The van der Waals surface area contributed by atoms with Crippen molar-refractivity contribution in [2.45, 2.75) is 0 Å². The minimum atomic E-state index is -3.35. The molecule has 0 saturated carbocycles. The van der Waals surface area contributed by atoms with E-state index in [0.717, 1.165) is 11.0 Å². The van der Waals surface area contributed by atoms with Crippen molar-refractivity contribution in [3.05, 3.63) is 40.9 Å². The summed E-state index contributed by atoms with van der Waals surface area (Å²) in [6, 6.07) is 8.28. The van der Waals surface area contributed by atoms with Gasteiger partial charge in [0.1, 0.15) is 0 Å². The Balaban J connectivity index is 2.39. The van der Waals surface area contributed by atoms with Gasteiger partial charge in [0.2, 0.25) is 0 Å². The maximum absolute atomic E-state index is 11.7. The fraction of sp³-hybridized carbons (Fsp3) is 0. The summed E-state index contributed by atoms with van der Waals surface area (Å²) in [6.45, 7) is 0. The topological polar surface area (TPSA) is 74.7 Å². The van der Waals surface area contributed by atoms with Crippen LogP contribution in [0.5, 0.6) is 0 Å². The molecule has 0 fully saturated rings. The summed E-state index contributed by atoms with van der Waals surface area (Å²) in [6.07, 6.45) is 0.924. The zero-order valence-corrected chi connectivity index (χ0v) is 9.70. The molecule has 1 unspecified atom stereocenters. The van der Waals surface area contributed by atoms with Crippen LogP contribution in [0.4, 0.5) is 5.69 Å². The van der Waals surface area contributed by atoms with Gasteiger partial charge in [0.25, 0.3) is 0 Å². The van der Waals surface area contributed by atoms with Crippen molar-refractivity contribution < 1.29 is 17.6 Å². The number of nitrogens with zero attached hydrogens (tertiary/aromatic N) is 1. The van der Waals surface area contributed by atoms with Crippen molar-refractivity contribution in [1.82, 2.24) is 0 Å². The van der Waals surface area contributed by atoms with Crippen LogP contribution in [-0.4, -0.2) is 30.2 Å². The molecule has 0 spiro atoms. The second-order valence-corrected chi connectivity index (χ2v) is 5.04. The third kappa shape index (κ3) is 1.74. The van der Waals surface area contributed by atoms with E-state index >= 15 is 0 Å². The number of hydrogen-bond donors (Lipinski definition) is 1. The molecule has 0 bridgehead atoms. The molecular weight excluding hydrogens is 277 g/mol. The quantitative estimate of drug-likeness (QED) is 0.609. The van der Waals surface area contributed by atoms with Crippen molar-refractivity contribution >= 4 is 31.7 Å². The van der Waals surface area contributed by atoms with Crippen molar-refractivity contribution in [3.8, 4) is 0 Å². The van der Waals surface area contributed by atoms with E-state index in [2.05, 4.69) is 0 Å². The van der Waals surface area contributed by atoms with Crippen molar-refractivity contribution in [2.75, 3.05) is 4.90 Å². The fourth-order valence-electron chi connectivity index (χ4n) is 1.40. The first-order valence-corrected chi connectivity index (χ1v) is 6.69. The predicted molar refractivity (Wildman–Crippen MR) is 55.7 cm³/mol. The van der Waals surface area contributed by atoms with Gasteiger partial charge in [0.15, 0.2) is 0 Å². The van der Waals surface area contributed by atoms with Gasteiger partial charge in [-0.05, 0) is 0 Å². The van der Waals surface area contributed by atoms with Gasteiger partial charge in [-0.1, -0.05) is 0 Å². The van der Waals surface area contributed by atoms with E-state index in [1.54, 1.807) is 30.3 Å². The van der Waals surface area contributed by atoms with Gasteiger partial charge in [-0.25, -0.2) is 0 Å². The number of benzene rings is 1. The van der Waals surface area contributed by atoms with Crippen LogP contribution in [0.15, 0.2) is 40.9 Å². The molecule has 1 aromatic carbocycles. The summed E-state index contributed by atoms with van der Waals surface area (Å²) < 4.78 is 19.5. The van der Waals surface area contributed by atoms with E-state index in [1.807, 2.05) is 0 Å². The Labute approximate surface area is 95.4 Å². The number of rotatable bonds is 2. The first-order chi connectivity index (χ1) is 7.61. The molecule has 0 aliphatic carbocycles. The Morgan fingerprint density at radius 1 is 1.12 bits per heavy atom. The molecule has 6 heteroatoms. The number of carbonyl (C=O) groups excluding carboxylic acids is 2. The summed E-state index contributed by atoms with van der Waals surface area (Å²) >= 11 is -3.35. The van der Waals surface area contributed by atoms with Crippen molar-refractivity contribution in [3.63, 3.8) is 0 Å². The molecule has 5 nitrogen and oxygen atoms in total. The normalized spacial score (nSPS) is 17.6. The Bertz CT molecular complexity index is 509. The third-order valence-electron chi connectivity index (χ3n) is 2.09. The van der Waals surface area contributed by atoms with Gasteiger partial charge in [0, 0.05) is 0 Å². The minimum absolute atomic E-state index is 0.297. The molecule has 1 aliphatic heterocycles. The first kappa shape index (κ1) is 10.9. The van der Waals surface area contributed by atoms with Crippen LogP contribution in [0.3, 0.4) is 0 Å². The molecule has 2 rings (SSSR count). The molecule has 1 heterocycles. The van der Waals surface area contributed by atoms with Gasteiger partial charge in [-0.15, -0.1) is 0 Å². The van der Waals surface area contributed by atoms with Crippen LogP contribution in [0.2, 0.25) is 0 Å². The molecule has 0 radical (unpaired) electrons. The third-order valence-corrected chi connectivity index (χ3v) is 3.49. The van der Waals surface area contributed by atoms with E-state index in [0.29, 0.717) is 5.69 Å². The van der Waals surface area contributed by atoms with Gasteiger partial charge < -0.3 is 0 Å². The summed E-state index contributed by atoms with van der Waals surface area (Å²) in [5.41, 5.74) is 0.399. The second kappa shape index (κ2) is 4.09. The van der Waals surface area contributed by atoms with E-state index < -0.39 is 26.0 Å².